The zero-order chi connectivity index (χ0) is 21.3. The van der Waals surface area contributed by atoms with Gasteiger partial charge in [0.2, 0.25) is 11.7 Å². The van der Waals surface area contributed by atoms with E-state index < -0.39 is 6.09 Å². The van der Waals surface area contributed by atoms with E-state index in [4.69, 9.17) is 9.63 Å². The molecule has 1 amide bonds. The number of rotatable bonds is 4. The van der Waals surface area contributed by atoms with Crippen LogP contribution in [0.1, 0.15) is 44.6 Å². The van der Waals surface area contributed by atoms with E-state index >= 15 is 0 Å². The van der Waals surface area contributed by atoms with Crippen LogP contribution in [0, 0.1) is 0 Å². The molecule has 156 valence electrons. The van der Waals surface area contributed by atoms with Gasteiger partial charge in [0.25, 0.3) is 0 Å². The number of nitrogens with zero attached hydrogens (tertiary/aromatic N) is 4. The normalized spacial score (nSPS) is 16.6. The standard InChI is InChI=1S/C22H25N5O3/c1-22(2,3)16-5-4-6-17(11-16)24-18-8-7-14(12-23-18)19-25-20(30-26-19)15-9-10-27(13-15)21(28)29/h4-8,11-12,15H,9-10,13H2,1-3H3,(H,23,24)(H,28,29)/t15-/m1/s1. The molecule has 3 heterocycles. The van der Waals surface area contributed by atoms with Crippen molar-refractivity contribution in [3.63, 3.8) is 0 Å². The quantitative estimate of drug-likeness (QED) is 0.649. The Morgan fingerprint density at radius 2 is 2.10 bits per heavy atom. The first-order valence-electron chi connectivity index (χ1n) is 9.95. The number of carbonyl (C=O) groups is 1. The lowest BCUT2D eigenvalue weighted by molar-refractivity contribution is 0.154. The largest absolute Gasteiger partial charge is 0.465 e. The van der Waals surface area contributed by atoms with Gasteiger partial charge in [0.15, 0.2) is 0 Å². The van der Waals surface area contributed by atoms with Crippen LogP contribution >= 0.6 is 0 Å². The molecule has 0 aliphatic carbocycles. The molecule has 0 saturated carbocycles. The van der Waals surface area contributed by atoms with Gasteiger partial charge < -0.3 is 19.8 Å². The maximum Gasteiger partial charge on any atom is 0.407 e. The van der Waals surface area contributed by atoms with Crippen LogP contribution in [0.15, 0.2) is 47.1 Å². The van der Waals surface area contributed by atoms with E-state index in [0.29, 0.717) is 31.2 Å². The number of pyridine rings is 1. The van der Waals surface area contributed by atoms with Crippen LogP contribution in [0.25, 0.3) is 11.4 Å². The van der Waals surface area contributed by atoms with Crippen molar-refractivity contribution in [1.29, 1.82) is 0 Å². The Bertz CT molecular complexity index is 1040. The number of benzene rings is 1. The second-order valence-corrected chi connectivity index (χ2v) is 8.56. The van der Waals surface area contributed by atoms with E-state index in [1.165, 1.54) is 10.5 Å². The summed E-state index contributed by atoms with van der Waals surface area (Å²) in [5.41, 5.74) is 3.05. The van der Waals surface area contributed by atoms with Gasteiger partial charge in [-0.3, -0.25) is 0 Å². The zero-order valence-electron chi connectivity index (χ0n) is 17.3. The molecule has 8 heteroatoms. The van der Waals surface area contributed by atoms with Crippen molar-refractivity contribution < 1.29 is 14.4 Å². The molecule has 1 saturated heterocycles. The second kappa shape index (κ2) is 7.78. The first kappa shape index (κ1) is 19.9. The number of likely N-dealkylation sites (tertiary alicyclic amines) is 1. The molecule has 1 aliphatic heterocycles. The van der Waals surface area contributed by atoms with Gasteiger partial charge in [0, 0.05) is 30.5 Å². The molecule has 1 aliphatic rings. The third-order valence-corrected chi connectivity index (χ3v) is 5.27. The lowest BCUT2D eigenvalue weighted by Crippen LogP contribution is -2.26. The number of nitrogens with one attached hydrogen (secondary N) is 1. The summed E-state index contributed by atoms with van der Waals surface area (Å²) in [6.07, 6.45) is 1.46. The summed E-state index contributed by atoms with van der Waals surface area (Å²) in [6.45, 7) is 7.41. The molecule has 0 spiro atoms. The molecule has 1 atom stereocenters. The first-order valence-corrected chi connectivity index (χ1v) is 9.95. The summed E-state index contributed by atoms with van der Waals surface area (Å²) in [5.74, 6) is 1.58. The predicted octanol–water partition coefficient (Wildman–Crippen LogP) is 4.64. The predicted molar refractivity (Wildman–Crippen MR) is 113 cm³/mol. The number of hydrogen-bond donors (Lipinski definition) is 2. The highest BCUT2D eigenvalue weighted by molar-refractivity contribution is 5.65. The van der Waals surface area contributed by atoms with Crippen molar-refractivity contribution in [1.82, 2.24) is 20.0 Å². The van der Waals surface area contributed by atoms with Crippen LogP contribution in [0.5, 0.6) is 0 Å². The minimum absolute atomic E-state index is 0.0636. The van der Waals surface area contributed by atoms with Gasteiger partial charge in [0.1, 0.15) is 5.82 Å². The topological polar surface area (TPSA) is 104 Å². The molecular weight excluding hydrogens is 382 g/mol. The first-order chi connectivity index (χ1) is 14.3. The van der Waals surface area contributed by atoms with Crippen LogP contribution < -0.4 is 5.32 Å². The monoisotopic (exact) mass is 407 g/mol. The minimum atomic E-state index is -0.919. The van der Waals surface area contributed by atoms with Crippen molar-refractivity contribution >= 4 is 17.6 Å². The Labute approximate surface area is 174 Å². The molecule has 2 aromatic heterocycles. The highest BCUT2D eigenvalue weighted by Gasteiger charge is 2.31. The fraction of sp³-hybridized carbons (Fsp3) is 0.364. The van der Waals surface area contributed by atoms with Crippen molar-refractivity contribution in [3.8, 4) is 11.4 Å². The van der Waals surface area contributed by atoms with Gasteiger partial charge in [-0.1, -0.05) is 38.1 Å². The second-order valence-electron chi connectivity index (χ2n) is 8.56. The van der Waals surface area contributed by atoms with Crippen LogP contribution in [-0.4, -0.2) is 44.3 Å². The van der Waals surface area contributed by atoms with Crippen molar-refractivity contribution in [2.75, 3.05) is 18.4 Å². The highest BCUT2D eigenvalue weighted by Crippen LogP contribution is 2.29. The van der Waals surface area contributed by atoms with Crippen LogP contribution in [0.3, 0.4) is 0 Å². The molecule has 0 radical (unpaired) electrons. The fourth-order valence-electron chi connectivity index (χ4n) is 3.47. The van der Waals surface area contributed by atoms with Gasteiger partial charge in [-0.15, -0.1) is 0 Å². The Balaban J connectivity index is 1.45. The van der Waals surface area contributed by atoms with Crippen LogP contribution in [0.2, 0.25) is 0 Å². The summed E-state index contributed by atoms with van der Waals surface area (Å²) in [5, 5.41) is 16.5. The van der Waals surface area contributed by atoms with E-state index in [0.717, 1.165) is 17.1 Å². The van der Waals surface area contributed by atoms with Gasteiger partial charge in [-0.05, 0) is 41.7 Å². The average Bonchev–Trinajstić information content (AvgIpc) is 3.38. The lowest BCUT2D eigenvalue weighted by Gasteiger charge is -2.20. The molecule has 1 aromatic carbocycles. The van der Waals surface area contributed by atoms with Crippen molar-refractivity contribution in [3.05, 3.63) is 54.0 Å². The molecule has 0 bridgehead atoms. The van der Waals surface area contributed by atoms with Gasteiger partial charge in [-0.2, -0.15) is 4.98 Å². The van der Waals surface area contributed by atoms with Crippen molar-refractivity contribution in [2.24, 2.45) is 0 Å². The number of hydrogen-bond acceptors (Lipinski definition) is 6. The summed E-state index contributed by atoms with van der Waals surface area (Å²) >= 11 is 0. The van der Waals surface area contributed by atoms with Gasteiger partial charge in [0.05, 0.1) is 5.92 Å². The van der Waals surface area contributed by atoms with E-state index in [1.807, 2.05) is 24.3 Å². The molecular formula is C22H25N5O3. The summed E-state index contributed by atoms with van der Waals surface area (Å²) in [7, 11) is 0. The number of aromatic nitrogens is 3. The summed E-state index contributed by atoms with van der Waals surface area (Å²) in [4.78, 5) is 21.4. The fourth-order valence-corrected chi connectivity index (χ4v) is 3.47. The Hall–Kier alpha value is -3.42. The van der Waals surface area contributed by atoms with Gasteiger partial charge in [-0.25, -0.2) is 9.78 Å². The summed E-state index contributed by atoms with van der Waals surface area (Å²) < 4.78 is 5.38. The lowest BCUT2D eigenvalue weighted by atomic mass is 9.87. The molecule has 30 heavy (non-hydrogen) atoms. The van der Waals surface area contributed by atoms with E-state index in [1.54, 1.807) is 6.20 Å². The minimum Gasteiger partial charge on any atom is -0.465 e. The average molecular weight is 407 g/mol. The van der Waals surface area contributed by atoms with Crippen LogP contribution in [-0.2, 0) is 5.41 Å². The maximum atomic E-state index is 11.1. The molecule has 1 fully saturated rings. The Morgan fingerprint density at radius 3 is 2.77 bits per heavy atom. The third kappa shape index (κ3) is 4.27. The van der Waals surface area contributed by atoms with E-state index in [9.17, 15) is 4.79 Å². The Morgan fingerprint density at radius 1 is 1.27 bits per heavy atom. The number of carboxylic acid groups (broad SMARTS) is 1. The number of amides is 1. The van der Waals surface area contributed by atoms with Gasteiger partial charge >= 0.3 is 6.09 Å². The molecule has 8 nitrogen and oxygen atoms in total. The molecule has 2 N–H and O–H groups in total. The van der Waals surface area contributed by atoms with E-state index in [2.05, 4.69) is 53.3 Å². The van der Waals surface area contributed by atoms with Crippen molar-refractivity contribution in [2.45, 2.75) is 38.5 Å². The maximum absolute atomic E-state index is 11.1. The Kier molecular flexibility index (Phi) is 5.15. The zero-order valence-corrected chi connectivity index (χ0v) is 17.3. The highest BCUT2D eigenvalue weighted by atomic mass is 16.5. The van der Waals surface area contributed by atoms with E-state index in [-0.39, 0.29) is 11.3 Å². The third-order valence-electron chi connectivity index (χ3n) is 5.27. The smallest absolute Gasteiger partial charge is 0.407 e. The molecule has 0 unspecified atom stereocenters. The SMILES string of the molecule is CC(C)(C)c1cccc(Nc2ccc(-c3noc([C@@H]4CCN(C(=O)O)C4)n3)cn2)c1. The number of anilines is 2. The molecule has 4 rings (SSSR count). The molecule has 3 aromatic rings. The van der Waals surface area contributed by atoms with Crippen LogP contribution in [0.4, 0.5) is 16.3 Å². The summed E-state index contributed by atoms with van der Waals surface area (Å²) in [6, 6.07) is 12.1.